The van der Waals surface area contributed by atoms with Crippen LogP contribution in [0.15, 0.2) is 38.1 Å². The second kappa shape index (κ2) is 6.13. The fourth-order valence-electron chi connectivity index (χ4n) is 1.87. The van der Waals surface area contributed by atoms with Gasteiger partial charge in [-0.25, -0.2) is 4.79 Å². The van der Waals surface area contributed by atoms with E-state index in [0.29, 0.717) is 22.9 Å². The van der Waals surface area contributed by atoms with Gasteiger partial charge in [0.15, 0.2) is 0 Å². The molecule has 0 atom stereocenters. The number of rotatable bonds is 4. The van der Waals surface area contributed by atoms with Crippen LogP contribution in [0.3, 0.4) is 0 Å². The van der Waals surface area contributed by atoms with Gasteiger partial charge in [0, 0.05) is 20.2 Å². The van der Waals surface area contributed by atoms with E-state index in [0.717, 1.165) is 4.47 Å². The minimum absolute atomic E-state index is 0.249. The van der Waals surface area contributed by atoms with Gasteiger partial charge in [-0.1, -0.05) is 6.07 Å². The molecule has 0 fully saturated rings. The van der Waals surface area contributed by atoms with Crippen molar-refractivity contribution in [2.45, 2.75) is 6.92 Å². The number of hydrogen-bond donors (Lipinski definition) is 1. The van der Waals surface area contributed by atoms with E-state index < -0.39 is 5.97 Å². The molecule has 5 nitrogen and oxygen atoms in total. The van der Waals surface area contributed by atoms with E-state index in [2.05, 4.69) is 20.9 Å². The summed E-state index contributed by atoms with van der Waals surface area (Å²) >= 11 is 3.41. The molecule has 6 heteroatoms. The number of halogens is 1. The second-order valence-electron chi connectivity index (χ2n) is 4.71. The van der Waals surface area contributed by atoms with Gasteiger partial charge in [-0.15, -0.1) is 0 Å². The Kier molecular flexibility index (Phi) is 4.47. The lowest BCUT2D eigenvalue weighted by atomic mass is 10.1. The number of carbonyl (C=O) groups is 1. The maximum atomic E-state index is 11.1. The first-order valence-corrected chi connectivity index (χ1v) is 7.03. The van der Waals surface area contributed by atoms with E-state index >= 15 is 0 Å². The predicted octanol–water partition coefficient (Wildman–Crippen LogP) is 3.87. The Labute approximate surface area is 131 Å². The molecule has 0 saturated heterocycles. The normalized spacial score (nSPS) is 11.0. The van der Waals surface area contributed by atoms with Crippen molar-refractivity contribution in [2.24, 2.45) is 4.99 Å². The zero-order chi connectivity index (χ0) is 15.6. The van der Waals surface area contributed by atoms with Gasteiger partial charge in [0.05, 0.1) is 21.9 Å². The minimum atomic E-state index is -0.958. The number of hydrogen-bond acceptors (Lipinski definition) is 4. The highest BCUT2D eigenvalue weighted by Gasteiger charge is 2.11. The van der Waals surface area contributed by atoms with E-state index in [-0.39, 0.29) is 5.56 Å². The summed E-state index contributed by atoms with van der Waals surface area (Å²) in [7, 11) is 3.76. The van der Waals surface area contributed by atoms with Gasteiger partial charge in [0.1, 0.15) is 5.76 Å². The molecule has 21 heavy (non-hydrogen) atoms. The van der Waals surface area contributed by atoms with Crippen molar-refractivity contribution in [3.63, 3.8) is 0 Å². The maximum absolute atomic E-state index is 11.1. The Morgan fingerprint density at radius 3 is 2.71 bits per heavy atom. The standard InChI is InChI=1S/C15H15BrN2O3/c1-9-11(15(19)20)5-4-6-13(9)17-8-10-7-12(16)14(21-10)18(2)3/h4-8H,1-3H3,(H,19,20). The van der Waals surface area contributed by atoms with Crippen molar-refractivity contribution in [3.8, 4) is 0 Å². The Morgan fingerprint density at radius 1 is 1.43 bits per heavy atom. The van der Waals surface area contributed by atoms with Crippen LogP contribution in [0.1, 0.15) is 21.7 Å². The summed E-state index contributed by atoms with van der Waals surface area (Å²) in [5, 5.41) is 9.09. The lowest BCUT2D eigenvalue weighted by Gasteiger charge is -2.07. The summed E-state index contributed by atoms with van der Waals surface area (Å²) in [5.74, 6) is 0.332. The van der Waals surface area contributed by atoms with Crippen molar-refractivity contribution in [3.05, 3.63) is 45.6 Å². The van der Waals surface area contributed by atoms with Crippen LogP contribution in [-0.4, -0.2) is 31.4 Å². The Hall–Kier alpha value is -2.08. The van der Waals surface area contributed by atoms with Crippen LogP contribution in [-0.2, 0) is 0 Å². The first kappa shape index (κ1) is 15.3. The summed E-state index contributed by atoms with van der Waals surface area (Å²) in [6.45, 7) is 1.74. The summed E-state index contributed by atoms with van der Waals surface area (Å²) < 4.78 is 6.47. The number of furan rings is 1. The van der Waals surface area contributed by atoms with Crippen LogP contribution >= 0.6 is 15.9 Å². The van der Waals surface area contributed by atoms with Gasteiger partial charge >= 0.3 is 5.97 Å². The molecule has 1 heterocycles. The van der Waals surface area contributed by atoms with Gasteiger partial charge in [0.25, 0.3) is 0 Å². The third kappa shape index (κ3) is 3.33. The Balaban J connectivity index is 2.32. The molecule has 0 amide bonds. The molecular formula is C15H15BrN2O3. The molecular weight excluding hydrogens is 336 g/mol. The molecule has 110 valence electrons. The molecule has 0 aliphatic rings. The van der Waals surface area contributed by atoms with E-state index in [4.69, 9.17) is 9.52 Å². The number of benzene rings is 1. The number of aliphatic imine (C=N–C) groups is 1. The van der Waals surface area contributed by atoms with E-state index in [1.807, 2.05) is 25.1 Å². The van der Waals surface area contributed by atoms with Gasteiger partial charge in [-0.2, -0.15) is 0 Å². The predicted molar refractivity (Wildman–Crippen MR) is 86.1 cm³/mol. The SMILES string of the molecule is Cc1c(N=Cc2cc(Br)c(N(C)C)o2)cccc1C(=O)O. The third-order valence-corrected chi connectivity index (χ3v) is 3.53. The van der Waals surface area contributed by atoms with E-state index in [9.17, 15) is 4.79 Å². The van der Waals surface area contributed by atoms with Crippen molar-refractivity contribution in [1.29, 1.82) is 0 Å². The number of anilines is 1. The largest absolute Gasteiger partial charge is 0.478 e. The highest BCUT2D eigenvalue weighted by Crippen LogP contribution is 2.28. The molecule has 0 saturated carbocycles. The van der Waals surface area contributed by atoms with Crippen molar-refractivity contribution < 1.29 is 14.3 Å². The van der Waals surface area contributed by atoms with Crippen LogP contribution in [0.25, 0.3) is 0 Å². The number of carboxylic acid groups (broad SMARTS) is 1. The average Bonchev–Trinajstić information content (AvgIpc) is 2.78. The van der Waals surface area contributed by atoms with Gasteiger partial charge in [-0.05, 0) is 40.5 Å². The lowest BCUT2D eigenvalue weighted by molar-refractivity contribution is 0.0696. The van der Waals surface area contributed by atoms with Crippen molar-refractivity contribution in [2.75, 3.05) is 19.0 Å². The van der Waals surface area contributed by atoms with E-state index in [1.54, 1.807) is 31.3 Å². The fourth-order valence-corrected chi connectivity index (χ4v) is 2.53. The van der Waals surface area contributed by atoms with Gasteiger partial charge < -0.3 is 14.4 Å². The van der Waals surface area contributed by atoms with Gasteiger partial charge in [-0.3, -0.25) is 4.99 Å². The molecule has 0 bridgehead atoms. The molecule has 1 aromatic heterocycles. The Morgan fingerprint density at radius 2 is 2.14 bits per heavy atom. The molecule has 0 spiro atoms. The topological polar surface area (TPSA) is 66.0 Å². The van der Waals surface area contributed by atoms with Crippen molar-refractivity contribution >= 4 is 39.7 Å². The molecule has 1 N–H and O–H groups in total. The fraction of sp³-hybridized carbons (Fsp3) is 0.200. The highest BCUT2D eigenvalue weighted by atomic mass is 79.9. The van der Waals surface area contributed by atoms with Gasteiger partial charge in [0.2, 0.25) is 5.88 Å². The van der Waals surface area contributed by atoms with Crippen molar-refractivity contribution in [1.82, 2.24) is 0 Å². The van der Waals surface area contributed by atoms with Crippen LogP contribution in [0.5, 0.6) is 0 Å². The quantitative estimate of drug-likeness (QED) is 0.850. The molecule has 2 aromatic rings. The van der Waals surface area contributed by atoms with Crippen LogP contribution in [0, 0.1) is 6.92 Å². The number of carboxylic acids is 1. The third-order valence-electron chi connectivity index (χ3n) is 2.96. The summed E-state index contributed by atoms with van der Waals surface area (Å²) in [6.07, 6.45) is 1.58. The average molecular weight is 351 g/mol. The molecule has 0 aliphatic heterocycles. The zero-order valence-corrected chi connectivity index (χ0v) is 13.5. The van der Waals surface area contributed by atoms with Crippen LogP contribution in [0.4, 0.5) is 11.6 Å². The first-order valence-electron chi connectivity index (χ1n) is 6.23. The Bertz CT molecular complexity index is 705. The molecule has 0 radical (unpaired) electrons. The van der Waals surface area contributed by atoms with Crippen LogP contribution in [0.2, 0.25) is 0 Å². The number of aromatic carboxylic acids is 1. The first-order chi connectivity index (χ1) is 9.90. The van der Waals surface area contributed by atoms with E-state index in [1.165, 1.54) is 0 Å². The van der Waals surface area contributed by atoms with Crippen LogP contribution < -0.4 is 4.90 Å². The summed E-state index contributed by atoms with van der Waals surface area (Å²) in [6, 6.07) is 6.81. The number of nitrogens with zero attached hydrogens (tertiary/aromatic N) is 2. The smallest absolute Gasteiger partial charge is 0.336 e. The molecule has 0 unspecified atom stereocenters. The monoisotopic (exact) mass is 350 g/mol. The summed E-state index contributed by atoms with van der Waals surface area (Å²) in [4.78, 5) is 17.2. The molecule has 2 rings (SSSR count). The highest BCUT2D eigenvalue weighted by molar-refractivity contribution is 9.10. The molecule has 0 aliphatic carbocycles. The molecule has 1 aromatic carbocycles. The maximum Gasteiger partial charge on any atom is 0.336 e. The minimum Gasteiger partial charge on any atom is -0.478 e. The second-order valence-corrected chi connectivity index (χ2v) is 5.56. The summed E-state index contributed by atoms with van der Waals surface area (Å²) in [5.41, 5.74) is 1.48. The zero-order valence-electron chi connectivity index (χ0n) is 11.9. The lowest BCUT2D eigenvalue weighted by Crippen LogP contribution is -2.07.